The Bertz CT molecular complexity index is 250. The Kier molecular flexibility index (Phi) is 6.37. The van der Waals surface area contributed by atoms with E-state index in [4.69, 9.17) is 9.84 Å². The zero-order valence-electron chi connectivity index (χ0n) is 9.19. The third-order valence-electron chi connectivity index (χ3n) is 1.67. The van der Waals surface area contributed by atoms with E-state index in [1.165, 1.54) is 13.8 Å². The first-order chi connectivity index (χ1) is 7.01. The molecule has 0 unspecified atom stereocenters. The molecular weight excluding hydrogens is 198 g/mol. The zero-order valence-corrected chi connectivity index (χ0v) is 9.19. The average Bonchev–Trinajstić information content (AvgIpc) is 2.12. The topological polar surface area (TPSA) is 75.6 Å². The highest BCUT2D eigenvalue weighted by Gasteiger charge is 2.21. The van der Waals surface area contributed by atoms with Crippen LogP contribution in [0.2, 0.25) is 0 Å². The Morgan fingerprint density at radius 3 is 2.40 bits per heavy atom. The molecule has 2 N–H and O–H groups in total. The minimum atomic E-state index is -0.638. The maximum atomic E-state index is 10.8. The molecule has 0 saturated carbocycles. The number of aliphatic hydroxyl groups excluding tert-OH is 1. The summed E-state index contributed by atoms with van der Waals surface area (Å²) in [5, 5.41) is 11.5. The second kappa shape index (κ2) is 7.00. The van der Waals surface area contributed by atoms with Gasteiger partial charge in [0.2, 0.25) is 5.91 Å². The highest BCUT2D eigenvalue weighted by molar-refractivity contribution is 5.73. The molecule has 0 aromatic carbocycles. The van der Waals surface area contributed by atoms with Crippen molar-refractivity contribution >= 4 is 11.9 Å². The van der Waals surface area contributed by atoms with Gasteiger partial charge in [-0.05, 0) is 13.0 Å². The lowest BCUT2D eigenvalue weighted by atomic mass is 10.1. The van der Waals surface area contributed by atoms with Gasteiger partial charge in [-0.2, -0.15) is 0 Å². The van der Waals surface area contributed by atoms with Gasteiger partial charge in [0.25, 0.3) is 0 Å². The van der Waals surface area contributed by atoms with E-state index in [9.17, 15) is 9.59 Å². The molecule has 0 aliphatic heterocycles. The molecule has 86 valence electrons. The van der Waals surface area contributed by atoms with Crippen LogP contribution in [0.3, 0.4) is 0 Å². The molecule has 0 saturated heterocycles. The van der Waals surface area contributed by atoms with E-state index in [1.807, 2.05) is 0 Å². The predicted molar refractivity (Wildman–Crippen MR) is 55.1 cm³/mol. The fourth-order valence-electron chi connectivity index (χ4n) is 1.13. The molecule has 0 heterocycles. The van der Waals surface area contributed by atoms with Crippen molar-refractivity contribution in [3.05, 3.63) is 12.2 Å². The zero-order chi connectivity index (χ0) is 11.8. The van der Waals surface area contributed by atoms with Crippen molar-refractivity contribution in [3.63, 3.8) is 0 Å². The van der Waals surface area contributed by atoms with E-state index in [2.05, 4.69) is 5.32 Å². The van der Waals surface area contributed by atoms with Crippen LogP contribution in [0.15, 0.2) is 12.2 Å². The second-order valence-electron chi connectivity index (χ2n) is 3.09. The summed E-state index contributed by atoms with van der Waals surface area (Å²) in [7, 11) is 0. The molecule has 0 bridgehead atoms. The van der Waals surface area contributed by atoms with Crippen molar-refractivity contribution < 1.29 is 19.4 Å². The molecule has 2 atom stereocenters. The first-order valence-electron chi connectivity index (χ1n) is 4.69. The Balaban J connectivity index is 4.53. The van der Waals surface area contributed by atoms with Crippen LogP contribution in [0.4, 0.5) is 0 Å². The Morgan fingerprint density at radius 2 is 2.07 bits per heavy atom. The fourth-order valence-corrected chi connectivity index (χ4v) is 1.13. The lowest BCUT2D eigenvalue weighted by molar-refractivity contribution is -0.146. The van der Waals surface area contributed by atoms with Gasteiger partial charge in [0, 0.05) is 13.8 Å². The highest BCUT2D eigenvalue weighted by Crippen LogP contribution is 2.02. The maximum Gasteiger partial charge on any atom is 0.303 e. The Labute approximate surface area is 89.1 Å². The SMILES string of the molecule is C/C=C/[C@@H](OC(C)=O)[C@H](CO)NC(C)=O. The molecule has 0 aromatic rings. The van der Waals surface area contributed by atoms with Gasteiger partial charge in [0.1, 0.15) is 6.10 Å². The molecule has 5 nitrogen and oxygen atoms in total. The average molecular weight is 215 g/mol. The van der Waals surface area contributed by atoms with Crippen molar-refractivity contribution in [3.8, 4) is 0 Å². The monoisotopic (exact) mass is 215 g/mol. The number of carbonyl (C=O) groups excluding carboxylic acids is 2. The van der Waals surface area contributed by atoms with Crippen molar-refractivity contribution in [1.82, 2.24) is 5.32 Å². The smallest absolute Gasteiger partial charge is 0.303 e. The first-order valence-corrected chi connectivity index (χ1v) is 4.69. The maximum absolute atomic E-state index is 10.8. The molecule has 1 amide bonds. The van der Waals surface area contributed by atoms with Gasteiger partial charge in [0.05, 0.1) is 12.6 Å². The van der Waals surface area contributed by atoms with Crippen LogP contribution < -0.4 is 5.32 Å². The summed E-state index contributed by atoms with van der Waals surface area (Å²) in [6.07, 6.45) is 2.66. The number of ether oxygens (including phenoxy) is 1. The van der Waals surface area contributed by atoms with Gasteiger partial charge in [-0.25, -0.2) is 0 Å². The number of carbonyl (C=O) groups is 2. The van der Waals surface area contributed by atoms with Crippen molar-refractivity contribution in [2.45, 2.75) is 32.9 Å². The quantitative estimate of drug-likeness (QED) is 0.499. The van der Waals surface area contributed by atoms with E-state index in [0.29, 0.717) is 0 Å². The number of hydrogen-bond donors (Lipinski definition) is 2. The molecule has 0 aliphatic rings. The number of rotatable bonds is 5. The summed E-state index contributed by atoms with van der Waals surface area (Å²) < 4.78 is 4.94. The van der Waals surface area contributed by atoms with Crippen LogP contribution in [0.1, 0.15) is 20.8 Å². The third kappa shape index (κ3) is 5.85. The number of esters is 1. The van der Waals surface area contributed by atoms with E-state index in [1.54, 1.807) is 19.1 Å². The first kappa shape index (κ1) is 13.6. The summed E-state index contributed by atoms with van der Waals surface area (Å²) in [4.78, 5) is 21.6. The fraction of sp³-hybridized carbons (Fsp3) is 0.600. The summed E-state index contributed by atoms with van der Waals surface area (Å²) in [6.45, 7) is 4.09. The van der Waals surface area contributed by atoms with E-state index < -0.39 is 18.1 Å². The minimum Gasteiger partial charge on any atom is -0.456 e. The molecule has 0 aromatic heterocycles. The number of amides is 1. The molecule has 0 fully saturated rings. The summed E-state index contributed by atoms with van der Waals surface area (Å²) in [6, 6.07) is -0.609. The second-order valence-corrected chi connectivity index (χ2v) is 3.09. The summed E-state index contributed by atoms with van der Waals surface area (Å²) in [5.41, 5.74) is 0. The van der Waals surface area contributed by atoms with Crippen LogP contribution >= 0.6 is 0 Å². The van der Waals surface area contributed by atoms with Crippen molar-refractivity contribution in [1.29, 1.82) is 0 Å². The number of allylic oxidation sites excluding steroid dienone is 1. The van der Waals surface area contributed by atoms with Crippen molar-refractivity contribution in [2.75, 3.05) is 6.61 Å². The number of aliphatic hydroxyl groups is 1. The normalized spacial score (nSPS) is 14.7. The molecule has 15 heavy (non-hydrogen) atoms. The molecule has 0 radical (unpaired) electrons. The molecular formula is C10H17NO4. The van der Waals surface area contributed by atoms with Gasteiger partial charge in [-0.15, -0.1) is 0 Å². The van der Waals surface area contributed by atoms with Crippen LogP contribution in [-0.4, -0.2) is 35.7 Å². The number of hydrogen-bond acceptors (Lipinski definition) is 4. The standard InChI is InChI=1S/C10H17NO4/c1-4-5-10(15-8(3)14)9(6-12)11-7(2)13/h4-5,9-10,12H,6H2,1-3H3,(H,11,13)/b5-4+/t9-,10+/m0/s1. The van der Waals surface area contributed by atoms with Gasteiger partial charge >= 0.3 is 5.97 Å². The summed E-state index contributed by atoms with van der Waals surface area (Å²) >= 11 is 0. The van der Waals surface area contributed by atoms with E-state index in [0.717, 1.165) is 0 Å². The van der Waals surface area contributed by atoms with Crippen LogP contribution in [0.5, 0.6) is 0 Å². The molecule has 0 rings (SSSR count). The minimum absolute atomic E-state index is 0.282. The van der Waals surface area contributed by atoms with Crippen LogP contribution in [-0.2, 0) is 14.3 Å². The van der Waals surface area contributed by atoms with Gasteiger partial charge in [-0.3, -0.25) is 9.59 Å². The van der Waals surface area contributed by atoms with E-state index >= 15 is 0 Å². The third-order valence-corrected chi connectivity index (χ3v) is 1.67. The predicted octanol–water partition coefficient (Wildman–Crippen LogP) is -0.00880. The van der Waals surface area contributed by atoms with Gasteiger partial charge < -0.3 is 15.2 Å². The summed E-state index contributed by atoms with van der Waals surface area (Å²) in [5.74, 6) is -0.738. The molecule has 0 spiro atoms. The molecule has 5 heteroatoms. The van der Waals surface area contributed by atoms with Crippen molar-refractivity contribution in [2.24, 2.45) is 0 Å². The van der Waals surface area contributed by atoms with Gasteiger partial charge in [0.15, 0.2) is 0 Å². The van der Waals surface area contributed by atoms with E-state index in [-0.39, 0.29) is 12.5 Å². The molecule has 0 aliphatic carbocycles. The van der Waals surface area contributed by atoms with Gasteiger partial charge in [-0.1, -0.05) is 6.08 Å². The lowest BCUT2D eigenvalue weighted by Crippen LogP contribution is -2.45. The number of nitrogens with one attached hydrogen (secondary N) is 1. The largest absolute Gasteiger partial charge is 0.456 e. The Hall–Kier alpha value is -1.36. The Morgan fingerprint density at radius 1 is 1.47 bits per heavy atom. The highest BCUT2D eigenvalue weighted by atomic mass is 16.5. The van der Waals surface area contributed by atoms with Crippen LogP contribution in [0.25, 0.3) is 0 Å². The lowest BCUT2D eigenvalue weighted by Gasteiger charge is -2.22. The van der Waals surface area contributed by atoms with Crippen LogP contribution in [0, 0.1) is 0 Å².